The minimum absolute atomic E-state index is 0.0259. The third kappa shape index (κ3) is 3.28. The molecule has 106 valence electrons. The summed E-state index contributed by atoms with van der Waals surface area (Å²) >= 11 is 0. The maximum absolute atomic E-state index is 12.3. The summed E-state index contributed by atoms with van der Waals surface area (Å²) in [5.41, 5.74) is 7.24. The lowest BCUT2D eigenvalue weighted by Crippen LogP contribution is -2.53. The lowest BCUT2D eigenvalue weighted by atomic mass is 9.97. The van der Waals surface area contributed by atoms with Gasteiger partial charge in [-0.3, -0.25) is 0 Å². The quantitative estimate of drug-likeness (QED) is 0.866. The van der Waals surface area contributed by atoms with Gasteiger partial charge in [-0.1, -0.05) is 0 Å². The summed E-state index contributed by atoms with van der Waals surface area (Å²) in [6.07, 6.45) is 3.09. The van der Waals surface area contributed by atoms with Crippen molar-refractivity contribution in [1.29, 1.82) is 5.26 Å². The van der Waals surface area contributed by atoms with E-state index in [0.29, 0.717) is 11.3 Å². The number of likely N-dealkylation sites (tertiary alicyclic amines) is 1. The molecule has 2 unspecified atom stereocenters. The Morgan fingerprint density at radius 3 is 2.75 bits per heavy atom. The fourth-order valence-corrected chi connectivity index (χ4v) is 2.58. The molecule has 2 rings (SSSR count). The zero-order valence-electron chi connectivity index (χ0n) is 11.7. The molecule has 1 heterocycles. The van der Waals surface area contributed by atoms with Crippen molar-refractivity contribution in [2.45, 2.75) is 38.3 Å². The summed E-state index contributed by atoms with van der Waals surface area (Å²) in [5, 5.41) is 11.6. The normalized spacial score (nSPS) is 20.1. The van der Waals surface area contributed by atoms with Gasteiger partial charge in [0.25, 0.3) is 0 Å². The van der Waals surface area contributed by atoms with Crippen LogP contribution in [0.2, 0.25) is 0 Å². The molecule has 0 bridgehead atoms. The van der Waals surface area contributed by atoms with Crippen molar-refractivity contribution in [2.24, 2.45) is 5.73 Å². The SMILES string of the molecule is CC(N)C1CCCCN1C(=O)Nc1ccc(C#N)cc1. The molecule has 0 spiro atoms. The lowest BCUT2D eigenvalue weighted by molar-refractivity contribution is 0.151. The predicted molar refractivity (Wildman–Crippen MR) is 78.2 cm³/mol. The number of nitriles is 1. The third-order valence-electron chi connectivity index (χ3n) is 3.68. The van der Waals surface area contributed by atoms with Gasteiger partial charge in [0.05, 0.1) is 11.6 Å². The highest BCUT2D eigenvalue weighted by molar-refractivity contribution is 5.89. The second kappa shape index (κ2) is 6.40. The Balaban J connectivity index is 2.04. The molecule has 1 saturated heterocycles. The molecular formula is C15H20N4O. The fourth-order valence-electron chi connectivity index (χ4n) is 2.58. The van der Waals surface area contributed by atoms with Crippen molar-refractivity contribution in [3.8, 4) is 6.07 Å². The van der Waals surface area contributed by atoms with Gasteiger partial charge in [0.1, 0.15) is 0 Å². The summed E-state index contributed by atoms with van der Waals surface area (Å²) in [6, 6.07) is 8.87. The molecule has 0 radical (unpaired) electrons. The molecule has 5 heteroatoms. The smallest absolute Gasteiger partial charge is 0.322 e. The molecule has 2 amide bonds. The second-order valence-electron chi connectivity index (χ2n) is 5.23. The molecule has 5 nitrogen and oxygen atoms in total. The van der Waals surface area contributed by atoms with Gasteiger partial charge in [0.15, 0.2) is 0 Å². The summed E-state index contributed by atoms with van der Waals surface area (Å²) in [6.45, 7) is 2.69. The van der Waals surface area contributed by atoms with Crippen LogP contribution in [0.5, 0.6) is 0 Å². The number of carbonyl (C=O) groups excluding carboxylic acids is 1. The van der Waals surface area contributed by atoms with Crippen LogP contribution in [0.15, 0.2) is 24.3 Å². The van der Waals surface area contributed by atoms with Crippen molar-refractivity contribution >= 4 is 11.7 Å². The van der Waals surface area contributed by atoms with Gasteiger partial charge in [-0.25, -0.2) is 4.79 Å². The van der Waals surface area contributed by atoms with Crippen LogP contribution < -0.4 is 11.1 Å². The summed E-state index contributed by atoms with van der Waals surface area (Å²) in [5.74, 6) is 0. The van der Waals surface area contributed by atoms with Gasteiger partial charge in [0.2, 0.25) is 0 Å². The Hall–Kier alpha value is -2.06. The van der Waals surface area contributed by atoms with Crippen molar-refractivity contribution in [3.63, 3.8) is 0 Å². The van der Waals surface area contributed by atoms with Crippen molar-refractivity contribution in [2.75, 3.05) is 11.9 Å². The largest absolute Gasteiger partial charge is 0.326 e. The Bertz CT molecular complexity index is 504. The van der Waals surface area contributed by atoms with Crippen LogP contribution >= 0.6 is 0 Å². The summed E-state index contributed by atoms with van der Waals surface area (Å²) in [7, 11) is 0. The van der Waals surface area contributed by atoms with E-state index in [4.69, 9.17) is 11.0 Å². The fraction of sp³-hybridized carbons (Fsp3) is 0.467. The number of piperidine rings is 1. The number of nitrogens with zero attached hydrogens (tertiary/aromatic N) is 2. The summed E-state index contributed by atoms with van der Waals surface area (Å²) < 4.78 is 0. The first-order valence-electron chi connectivity index (χ1n) is 6.95. The van der Waals surface area contributed by atoms with Crippen LogP contribution in [0.4, 0.5) is 10.5 Å². The number of benzene rings is 1. The van der Waals surface area contributed by atoms with Crippen molar-refractivity contribution in [3.05, 3.63) is 29.8 Å². The van der Waals surface area contributed by atoms with Crippen LogP contribution in [0.1, 0.15) is 31.7 Å². The van der Waals surface area contributed by atoms with Gasteiger partial charge < -0.3 is 16.0 Å². The van der Waals surface area contributed by atoms with E-state index in [-0.39, 0.29) is 18.1 Å². The van der Waals surface area contributed by atoms with E-state index >= 15 is 0 Å². The van der Waals surface area contributed by atoms with Crippen molar-refractivity contribution in [1.82, 2.24) is 4.90 Å². The molecular weight excluding hydrogens is 252 g/mol. The number of rotatable bonds is 2. The first kappa shape index (κ1) is 14.4. The molecule has 1 aliphatic rings. The number of nitrogens with one attached hydrogen (secondary N) is 1. The topological polar surface area (TPSA) is 82.2 Å². The molecule has 3 N–H and O–H groups in total. The van der Waals surface area contributed by atoms with Gasteiger partial charge in [0, 0.05) is 24.3 Å². The zero-order valence-corrected chi connectivity index (χ0v) is 11.7. The summed E-state index contributed by atoms with van der Waals surface area (Å²) in [4.78, 5) is 14.2. The highest BCUT2D eigenvalue weighted by Gasteiger charge is 2.29. The number of amides is 2. The standard InChI is InChI=1S/C15H20N4O/c1-11(17)14-4-2-3-9-19(14)15(20)18-13-7-5-12(10-16)6-8-13/h5-8,11,14H,2-4,9,17H2,1H3,(H,18,20). The van der Waals surface area contributed by atoms with Gasteiger partial charge in [-0.15, -0.1) is 0 Å². The first-order valence-corrected chi connectivity index (χ1v) is 6.95. The number of anilines is 1. The molecule has 0 saturated carbocycles. The van der Waals surface area contributed by atoms with Crippen LogP contribution in [0.3, 0.4) is 0 Å². The molecule has 1 aliphatic heterocycles. The second-order valence-corrected chi connectivity index (χ2v) is 5.23. The minimum Gasteiger partial charge on any atom is -0.326 e. The maximum Gasteiger partial charge on any atom is 0.322 e. The van der Waals surface area contributed by atoms with Gasteiger partial charge >= 0.3 is 6.03 Å². The zero-order chi connectivity index (χ0) is 14.5. The van der Waals surface area contributed by atoms with Crippen LogP contribution in [-0.2, 0) is 0 Å². The Labute approximate surface area is 119 Å². The number of hydrogen-bond donors (Lipinski definition) is 2. The van der Waals surface area contributed by atoms with Crippen LogP contribution in [0.25, 0.3) is 0 Å². The third-order valence-corrected chi connectivity index (χ3v) is 3.68. The highest BCUT2D eigenvalue weighted by Crippen LogP contribution is 2.20. The van der Waals surface area contributed by atoms with Crippen LogP contribution in [0, 0.1) is 11.3 Å². The Kier molecular flexibility index (Phi) is 4.59. The maximum atomic E-state index is 12.3. The molecule has 1 fully saturated rings. The molecule has 2 atom stereocenters. The van der Waals surface area contributed by atoms with Gasteiger partial charge in [-0.05, 0) is 50.5 Å². The van der Waals surface area contributed by atoms with E-state index < -0.39 is 0 Å². The van der Waals surface area contributed by atoms with E-state index in [2.05, 4.69) is 11.4 Å². The van der Waals surface area contributed by atoms with E-state index in [9.17, 15) is 4.79 Å². The average molecular weight is 272 g/mol. The first-order chi connectivity index (χ1) is 9.61. The van der Waals surface area contributed by atoms with E-state index in [1.807, 2.05) is 11.8 Å². The highest BCUT2D eigenvalue weighted by atomic mass is 16.2. The number of nitrogens with two attached hydrogens (primary N) is 1. The number of urea groups is 1. The lowest BCUT2D eigenvalue weighted by Gasteiger charge is -2.37. The average Bonchev–Trinajstić information content (AvgIpc) is 2.48. The van der Waals surface area contributed by atoms with Crippen molar-refractivity contribution < 1.29 is 4.79 Å². The molecule has 0 aliphatic carbocycles. The van der Waals surface area contributed by atoms with Crippen LogP contribution in [-0.4, -0.2) is 29.6 Å². The predicted octanol–water partition coefficient (Wildman–Crippen LogP) is 2.29. The molecule has 1 aromatic carbocycles. The Morgan fingerprint density at radius 2 is 2.15 bits per heavy atom. The number of carbonyl (C=O) groups is 1. The van der Waals surface area contributed by atoms with E-state index in [0.717, 1.165) is 25.8 Å². The molecule has 0 aromatic heterocycles. The monoisotopic (exact) mass is 272 g/mol. The van der Waals surface area contributed by atoms with E-state index in [1.54, 1.807) is 24.3 Å². The number of hydrogen-bond acceptors (Lipinski definition) is 3. The van der Waals surface area contributed by atoms with Gasteiger partial charge in [-0.2, -0.15) is 5.26 Å². The molecule has 1 aromatic rings. The molecule has 20 heavy (non-hydrogen) atoms. The minimum atomic E-state index is -0.114. The van der Waals surface area contributed by atoms with E-state index in [1.165, 1.54) is 0 Å². The Morgan fingerprint density at radius 1 is 1.45 bits per heavy atom.